The van der Waals surface area contributed by atoms with Crippen molar-refractivity contribution in [2.24, 2.45) is 0 Å². The van der Waals surface area contributed by atoms with Gasteiger partial charge in [0.1, 0.15) is 0 Å². The number of hydrogen-bond donors (Lipinski definition) is 2. The largest absolute Gasteiger partial charge is 0.405 e. The van der Waals surface area contributed by atoms with E-state index in [1.807, 2.05) is 42.5 Å². The molecule has 0 saturated carbocycles. The van der Waals surface area contributed by atoms with E-state index < -0.39 is 14.4 Å². The highest BCUT2D eigenvalue weighted by Gasteiger charge is 2.50. The van der Waals surface area contributed by atoms with Crippen LogP contribution in [0.4, 0.5) is 0 Å². The van der Waals surface area contributed by atoms with Crippen LogP contribution in [-0.4, -0.2) is 37.8 Å². The first-order chi connectivity index (χ1) is 14.9. The SMILES string of the molecule is CC(C)(C)[Si](OC[C@@H](O)[C@H](CCO)c1ccccc1)(c1ccccc1)c1ccccc1. The summed E-state index contributed by atoms with van der Waals surface area (Å²) in [7, 11) is -2.70. The zero-order valence-corrected chi connectivity index (χ0v) is 19.7. The van der Waals surface area contributed by atoms with Gasteiger partial charge in [0.15, 0.2) is 0 Å². The minimum absolute atomic E-state index is 0.0236. The average molecular weight is 435 g/mol. The fraction of sp³-hybridized carbons (Fsp3) is 0.333. The third-order valence-electron chi connectivity index (χ3n) is 6.02. The van der Waals surface area contributed by atoms with E-state index >= 15 is 0 Å². The monoisotopic (exact) mass is 434 g/mol. The summed E-state index contributed by atoms with van der Waals surface area (Å²) in [6, 6.07) is 30.8. The lowest BCUT2D eigenvalue weighted by Gasteiger charge is -2.43. The van der Waals surface area contributed by atoms with E-state index in [0.29, 0.717) is 6.42 Å². The molecule has 0 unspecified atom stereocenters. The Morgan fingerprint density at radius 1 is 0.774 bits per heavy atom. The summed E-state index contributed by atoms with van der Waals surface area (Å²) in [6.45, 7) is 6.93. The first-order valence-corrected chi connectivity index (χ1v) is 12.9. The lowest BCUT2D eigenvalue weighted by molar-refractivity contribution is 0.0702. The molecule has 2 atom stereocenters. The lowest BCUT2D eigenvalue weighted by atomic mass is 9.91. The molecule has 0 spiro atoms. The van der Waals surface area contributed by atoms with Gasteiger partial charge in [0.05, 0.1) is 12.7 Å². The van der Waals surface area contributed by atoms with Crippen LogP contribution < -0.4 is 10.4 Å². The van der Waals surface area contributed by atoms with Crippen LogP contribution >= 0.6 is 0 Å². The van der Waals surface area contributed by atoms with Crippen LogP contribution in [-0.2, 0) is 4.43 Å². The zero-order valence-electron chi connectivity index (χ0n) is 18.7. The van der Waals surface area contributed by atoms with Crippen LogP contribution in [0.15, 0.2) is 91.0 Å². The van der Waals surface area contributed by atoms with E-state index in [1.54, 1.807) is 0 Å². The van der Waals surface area contributed by atoms with Crippen molar-refractivity contribution in [3.05, 3.63) is 96.6 Å². The Morgan fingerprint density at radius 2 is 1.23 bits per heavy atom. The molecule has 0 amide bonds. The Bertz CT molecular complexity index is 868. The molecular formula is C27H34O3Si. The highest BCUT2D eigenvalue weighted by Crippen LogP contribution is 2.37. The molecule has 31 heavy (non-hydrogen) atoms. The lowest BCUT2D eigenvalue weighted by Crippen LogP contribution is -2.67. The first kappa shape index (κ1) is 23.4. The Hall–Kier alpha value is -2.24. The van der Waals surface area contributed by atoms with Gasteiger partial charge in [-0.3, -0.25) is 0 Å². The van der Waals surface area contributed by atoms with Crippen LogP contribution in [0.2, 0.25) is 5.04 Å². The topological polar surface area (TPSA) is 49.7 Å². The second-order valence-corrected chi connectivity index (χ2v) is 13.4. The number of benzene rings is 3. The second-order valence-electron chi connectivity index (χ2n) is 9.07. The highest BCUT2D eigenvalue weighted by atomic mass is 28.4. The molecule has 0 aliphatic heterocycles. The van der Waals surface area contributed by atoms with Crippen LogP contribution in [0.5, 0.6) is 0 Å². The Kier molecular flexibility index (Phi) is 7.84. The van der Waals surface area contributed by atoms with Gasteiger partial charge in [0.2, 0.25) is 0 Å². The molecule has 0 aliphatic rings. The molecular weight excluding hydrogens is 400 g/mol. The van der Waals surface area contributed by atoms with E-state index in [1.165, 1.54) is 10.4 Å². The summed E-state index contributed by atoms with van der Waals surface area (Å²) in [5, 5.41) is 23.1. The van der Waals surface area contributed by atoms with Crippen molar-refractivity contribution in [2.75, 3.05) is 13.2 Å². The quantitative estimate of drug-likeness (QED) is 0.499. The van der Waals surface area contributed by atoms with Crippen molar-refractivity contribution in [2.45, 2.75) is 44.3 Å². The standard InChI is InChI=1S/C27H34O3Si/c1-27(2,3)31(23-15-9-5-10-16-23,24-17-11-6-12-18-24)30-21-26(29)25(19-20-28)22-13-7-4-8-14-22/h4-18,25-26,28-29H,19-21H2,1-3H3/t25-,26-/m1/s1. The van der Waals surface area contributed by atoms with Gasteiger partial charge < -0.3 is 14.6 Å². The summed E-state index contributed by atoms with van der Waals surface area (Å²) in [5.74, 6) is -0.176. The van der Waals surface area contributed by atoms with Crippen LogP contribution in [0.1, 0.15) is 38.7 Å². The normalized spacial score (nSPS) is 14.2. The molecule has 3 aromatic rings. The van der Waals surface area contributed by atoms with Crippen molar-refractivity contribution in [3.63, 3.8) is 0 Å². The fourth-order valence-electron chi connectivity index (χ4n) is 4.51. The predicted octanol–water partition coefficient (Wildman–Crippen LogP) is 4.09. The number of aliphatic hydroxyl groups is 2. The molecule has 0 aliphatic carbocycles. The summed E-state index contributed by atoms with van der Waals surface area (Å²) in [5.41, 5.74) is 1.02. The molecule has 0 radical (unpaired) electrons. The fourth-order valence-corrected chi connectivity index (χ4v) is 9.08. The molecule has 0 heterocycles. The smallest absolute Gasteiger partial charge is 0.261 e. The second kappa shape index (κ2) is 10.4. The summed E-state index contributed by atoms with van der Waals surface area (Å²) >= 11 is 0. The minimum Gasteiger partial charge on any atom is -0.405 e. The molecule has 4 heteroatoms. The van der Waals surface area contributed by atoms with Crippen molar-refractivity contribution in [1.82, 2.24) is 0 Å². The van der Waals surface area contributed by atoms with Crippen molar-refractivity contribution in [3.8, 4) is 0 Å². The highest BCUT2D eigenvalue weighted by molar-refractivity contribution is 6.99. The number of hydrogen-bond acceptors (Lipinski definition) is 3. The van der Waals surface area contributed by atoms with Crippen molar-refractivity contribution >= 4 is 18.7 Å². The Labute approximate surface area is 187 Å². The number of aliphatic hydroxyl groups excluding tert-OH is 2. The maximum absolute atomic E-state index is 11.2. The predicted molar refractivity (Wildman–Crippen MR) is 130 cm³/mol. The van der Waals surface area contributed by atoms with Crippen molar-refractivity contribution in [1.29, 1.82) is 0 Å². The molecule has 0 fully saturated rings. The molecule has 0 aromatic heterocycles. The van der Waals surface area contributed by atoms with E-state index in [-0.39, 0.29) is 24.2 Å². The van der Waals surface area contributed by atoms with Crippen LogP contribution in [0.25, 0.3) is 0 Å². The van der Waals surface area contributed by atoms with Gasteiger partial charge in [-0.1, -0.05) is 112 Å². The Balaban J connectivity index is 1.99. The molecule has 164 valence electrons. The molecule has 0 bridgehead atoms. The van der Waals surface area contributed by atoms with E-state index in [9.17, 15) is 10.2 Å². The molecule has 3 aromatic carbocycles. The molecule has 3 rings (SSSR count). The van der Waals surface area contributed by atoms with Gasteiger partial charge >= 0.3 is 0 Å². The summed E-state index contributed by atoms with van der Waals surface area (Å²) in [6.07, 6.45) is -0.217. The molecule has 0 saturated heterocycles. The minimum atomic E-state index is -2.70. The van der Waals surface area contributed by atoms with Crippen LogP contribution in [0.3, 0.4) is 0 Å². The first-order valence-electron chi connectivity index (χ1n) is 11.0. The molecule has 2 N–H and O–H groups in total. The van der Waals surface area contributed by atoms with Gasteiger partial charge in [-0.2, -0.15) is 0 Å². The summed E-state index contributed by atoms with van der Waals surface area (Å²) in [4.78, 5) is 0. The third kappa shape index (κ3) is 5.16. The van der Waals surface area contributed by atoms with E-state index in [2.05, 4.69) is 69.3 Å². The maximum Gasteiger partial charge on any atom is 0.261 e. The van der Waals surface area contributed by atoms with Gasteiger partial charge in [0, 0.05) is 12.5 Å². The average Bonchev–Trinajstić information content (AvgIpc) is 2.79. The number of rotatable bonds is 9. The van der Waals surface area contributed by atoms with Gasteiger partial charge in [-0.25, -0.2) is 0 Å². The van der Waals surface area contributed by atoms with E-state index in [4.69, 9.17) is 4.43 Å². The van der Waals surface area contributed by atoms with Gasteiger partial charge in [-0.15, -0.1) is 0 Å². The zero-order chi connectivity index (χ0) is 22.3. The molecule has 3 nitrogen and oxygen atoms in total. The Morgan fingerprint density at radius 3 is 1.65 bits per heavy atom. The third-order valence-corrected chi connectivity index (χ3v) is 11.0. The summed E-state index contributed by atoms with van der Waals surface area (Å²) < 4.78 is 6.88. The van der Waals surface area contributed by atoms with Crippen LogP contribution in [0, 0.1) is 0 Å². The van der Waals surface area contributed by atoms with E-state index in [0.717, 1.165) is 5.56 Å². The maximum atomic E-state index is 11.2. The van der Waals surface area contributed by atoms with Gasteiger partial charge in [-0.05, 0) is 27.4 Å². The van der Waals surface area contributed by atoms with Crippen molar-refractivity contribution < 1.29 is 14.6 Å². The van der Waals surface area contributed by atoms with Gasteiger partial charge in [0.25, 0.3) is 8.32 Å².